The van der Waals surface area contributed by atoms with Crippen LogP contribution in [-0.2, 0) is 9.59 Å². The molecular weight excluding hydrogens is 256 g/mol. The maximum Gasteiger partial charge on any atom is 0.225 e. The molecule has 0 saturated heterocycles. The van der Waals surface area contributed by atoms with E-state index >= 15 is 0 Å². The number of hydrogen-bond acceptors (Lipinski definition) is 3. The van der Waals surface area contributed by atoms with Gasteiger partial charge in [0.2, 0.25) is 11.8 Å². The molecule has 0 aromatic carbocycles. The largest absolute Gasteiger partial charge is 0.343 e. The molecule has 2 N–H and O–H groups in total. The zero-order valence-electron chi connectivity index (χ0n) is 12.3. The minimum atomic E-state index is -0.0976. The second-order valence-electron chi connectivity index (χ2n) is 4.75. The van der Waals surface area contributed by atoms with Crippen molar-refractivity contribution >= 4 is 17.6 Å². The molecule has 20 heavy (non-hydrogen) atoms. The van der Waals surface area contributed by atoms with Crippen molar-refractivity contribution in [3.05, 3.63) is 12.3 Å². The topological polar surface area (TPSA) is 78.1 Å². The number of carbonyl (C=O) groups excluding carboxylic acids is 2. The Morgan fingerprint density at radius 3 is 2.50 bits per heavy atom. The Morgan fingerprint density at radius 1 is 1.25 bits per heavy atom. The van der Waals surface area contributed by atoms with E-state index in [2.05, 4.69) is 29.4 Å². The third-order valence-electron chi connectivity index (χ3n) is 2.91. The Balaban J connectivity index is 2.24. The van der Waals surface area contributed by atoms with Crippen LogP contribution >= 0.6 is 0 Å². The van der Waals surface area contributed by atoms with Gasteiger partial charge in [-0.3, -0.25) is 14.7 Å². The molecule has 0 aliphatic rings. The van der Waals surface area contributed by atoms with Crippen LogP contribution in [0.2, 0.25) is 0 Å². The summed E-state index contributed by atoms with van der Waals surface area (Å²) in [7, 11) is 0. The second-order valence-corrected chi connectivity index (χ2v) is 4.75. The fourth-order valence-electron chi connectivity index (χ4n) is 2.00. The van der Waals surface area contributed by atoms with Gasteiger partial charge < -0.3 is 10.2 Å². The minimum Gasteiger partial charge on any atom is -0.343 e. The van der Waals surface area contributed by atoms with Crippen molar-refractivity contribution in [2.24, 2.45) is 0 Å². The standard InChI is InChI=1S/C14H24N4O2/c1-3-10-18(11-4-2)14(20)7-5-6-13(19)16-12-8-9-15-17-12/h8-9H,3-7,10-11H2,1-2H3,(H2,15,16,17,19). The predicted octanol–water partition coefficient (Wildman–Crippen LogP) is 2.17. The number of amides is 2. The highest BCUT2D eigenvalue weighted by Crippen LogP contribution is 2.05. The first-order valence-electron chi connectivity index (χ1n) is 7.24. The van der Waals surface area contributed by atoms with Gasteiger partial charge in [-0.1, -0.05) is 13.8 Å². The fraction of sp³-hybridized carbons (Fsp3) is 0.643. The molecule has 0 fully saturated rings. The summed E-state index contributed by atoms with van der Waals surface area (Å²) in [6.45, 7) is 5.72. The van der Waals surface area contributed by atoms with Gasteiger partial charge in [-0.25, -0.2) is 0 Å². The zero-order chi connectivity index (χ0) is 14.8. The van der Waals surface area contributed by atoms with Crippen molar-refractivity contribution < 1.29 is 9.59 Å². The van der Waals surface area contributed by atoms with E-state index in [0.29, 0.717) is 25.1 Å². The van der Waals surface area contributed by atoms with Crippen molar-refractivity contribution in [1.82, 2.24) is 15.1 Å². The van der Waals surface area contributed by atoms with Gasteiger partial charge in [0, 0.05) is 32.0 Å². The molecule has 1 heterocycles. The highest BCUT2D eigenvalue weighted by atomic mass is 16.2. The predicted molar refractivity (Wildman–Crippen MR) is 78.2 cm³/mol. The van der Waals surface area contributed by atoms with Gasteiger partial charge in [-0.05, 0) is 19.3 Å². The first-order valence-corrected chi connectivity index (χ1v) is 7.24. The van der Waals surface area contributed by atoms with Crippen LogP contribution in [-0.4, -0.2) is 40.0 Å². The third kappa shape index (κ3) is 5.86. The van der Waals surface area contributed by atoms with Gasteiger partial charge >= 0.3 is 0 Å². The monoisotopic (exact) mass is 280 g/mol. The van der Waals surface area contributed by atoms with E-state index in [1.165, 1.54) is 0 Å². The van der Waals surface area contributed by atoms with Crippen LogP contribution in [0.25, 0.3) is 0 Å². The number of rotatable bonds is 9. The van der Waals surface area contributed by atoms with Crippen LogP contribution in [0, 0.1) is 0 Å². The molecule has 0 saturated carbocycles. The quantitative estimate of drug-likeness (QED) is 0.727. The number of H-pyrrole nitrogens is 1. The van der Waals surface area contributed by atoms with Gasteiger partial charge in [0.1, 0.15) is 5.82 Å². The van der Waals surface area contributed by atoms with Gasteiger partial charge in [-0.15, -0.1) is 0 Å². The highest BCUT2D eigenvalue weighted by Gasteiger charge is 2.12. The summed E-state index contributed by atoms with van der Waals surface area (Å²) in [4.78, 5) is 25.5. The smallest absolute Gasteiger partial charge is 0.225 e. The van der Waals surface area contributed by atoms with Crippen LogP contribution < -0.4 is 5.32 Å². The number of nitrogens with one attached hydrogen (secondary N) is 2. The molecule has 0 radical (unpaired) electrons. The minimum absolute atomic E-state index is 0.0976. The molecule has 6 nitrogen and oxygen atoms in total. The fourth-order valence-corrected chi connectivity index (χ4v) is 2.00. The zero-order valence-corrected chi connectivity index (χ0v) is 12.3. The lowest BCUT2D eigenvalue weighted by atomic mass is 10.2. The molecule has 2 amide bonds. The van der Waals surface area contributed by atoms with Crippen LogP contribution in [0.15, 0.2) is 12.3 Å². The van der Waals surface area contributed by atoms with Crippen LogP contribution in [0.4, 0.5) is 5.82 Å². The number of hydrogen-bond donors (Lipinski definition) is 2. The van der Waals surface area contributed by atoms with Crippen molar-refractivity contribution in [2.45, 2.75) is 46.0 Å². The van der Waals surface area contributed by atoms with E-state index in [9.17, 15) is 9.59 Å². The number of anilines is 1. The molecule has 0 spiro atoms. The molecule has 112 valence electrons. The van der Waals surface area contributed by atoms with E-state index in [1.807, 2.05) is 4.90 Å². The first kappa shape index (κ1) is 16.2. The van der Waals surface area contributed by atoms with Gasteiger partial charge in [-0.2, -0.15) is 5.10 Å². The lowest BCUT2D eigenvalue weighted by molar-refractivity contribution is -0.131. The molecular formula is C14H24N4O2. The van der Waals surface area contributed by atoms with Crippen LogP contribution in [0.3, 0.4) is 0 Å². The summed E-state index contributed by atoms with van der Waals surface area (Å²) in [6, 6.07) is 1.69. The summed E-state index contributed by atoms with van der Waals surface area (Å²) in [5.41, 5.74) is 0. The summed E-state index contributed by atoms with van der Waals surface area (Å²) in [6.07, 6.45) is 4.85. The lowest BCUT2D eigenvalue weighted by Gasteiger charge is -2.21. The van der Waals surface area contributed by atoms with Crippen molar-refractivity contribution in [3.8, 4) is 0 Å². The maximum atomic E-state index is 12.0. The highest BCUT2D eigenvalue weighted by molar-refractivity contribution is 5.90. The second kappa shape index (κ2) is 9.12. The normalized spacial score (nSPS) is 10.3. The first-order chi connectivity index (χ1) is 9.67. The number of aromatic nitrogens is 2. The number of carbonyl (C=O) groups is 2. The maximum absolute atomic E-state index is 12.0. The van der Waals surface area contributed by atoms with Gasteiger partial charge in [0.25, 0.3) is 0 Å². The van der Waals surface area contributed by atoms with Crippen LogP contribution in [0.5, 0.6) is 0 Å². The Labute approximate surface area is 119 Å². The molecule has 0 aliphatic heterocycles. The summed E-state index contributed by atoms with van der Waals surface area (Å²) < 4.78 is 0. The molecule has 6 heteroatoms. The number of nitrogens with zero attached hydrogens (tertiary/aromatic N) is 2. The Kier molecular flexibility index (Phi) is 7.39. The van der Waals surface area contributed by atoms with E-state index in [1.54, 1.807) is 12.3 Å². The Bertz CT molecular complexity index is 397. The molecule has 0 aliphatic carbocycles. The summed E-state index contributed by atoms with van der Waals surface area (Å²) in [5, 5.41) is 9.10. The van der Waals surface area contributed by atoms with E-state index in [-0.39, 0.29) is 11.8 Å². The lowest BCUT2D eigenvalue weighted by Crippen LogP contribution is -2.32. The molecule has 0 unspecified atom stereocenters. The van der Waals surface area contributed by atoms with Crippen LogP contribution in [0.1, 0.15) is 46.0 Å². The summed E-state index contributed by atoms with van der Waals surface area (Å²) >= 11 is 0. The third-order valence-corrected chi connectivity index (χ3v) is 2.91. The average molecular weight is 280 g/mol. The number of aromatic amines is 1. The SMILES string of the molecule is CCCN(CCC)C(=O)CCCC(=O)Nc1ccn[nH]1. The molecule has 1 aromatic heterocycles. The van der Waals surface area contributed by atoms with E-state index in [4.69, 9.17) is 0 Å². The molecule has 1 rings (SSSR count). The average Bonchev–Trinajstić information content (AvgIpc) is 2.91. The summed E-state index contributed by atoms with van der Waals surface area (Å²) in [5.74, 6) is 0.627. The Hall–Kier alpha value is -1.85. The van der Waals surface area contributed by atoms with Crippen molar-refractivity contribution in [2.75, 3.05) is 18.4 Å². The van der Waals surface area contributed by atoms with E-state index in [0.717, 1.165) is 25.9 Å². The van der Waals surface area contributed by atoms with Crippen molar-refractivity contribution in [1.29, 1.82) is 0 Å². The molecule has 1 aromatic rings. The van der Waals surface area contributed by atoms with Gasteiger partial charge in [0.05, 0.1) is 6.20 Å². The molecule has 0 atom stereocenters. The Morgan fingerprint density at radius 2 is 1.95 bits per heavy atom. The van der Waals surface area contributed by atoms with E-state index < -0.39 is 0 Å². The van der Waals surface area contributed by atoms with Crippen molar-refractivity contribution in [3.63, 3.8) is 0 Å². The van der Waals surface area contributed by atoms with Gasteiger partial charge in [0.15, 0.2) is 0 Å². The molecule has 0 bridgehead atoms.